The molecule has 0 saturated carbocycles. The lowest BCUT2D eigenvalue weighted by molar-refractivity contribution is 0.174. The van der Waals surface area contributed by atoms with Crippen LogP contribution < -0.4 is 20.1 Å². The van der Waals surface area contributed by atoms with Crippen molar-refractivity contribution in [2.45, 2.75) is 13.3 Å². The minimum Gasteiger partial charge on any atom is -0.454 e. The van der Waals surface area contributed by atoms with Crippen molar-refractivity contribution in [3.8, 4) is 11.5 Å². The summed E-state index contributed by atoms with van der Waals surface area (Å²) in [7, 11) is 0. The smallest absolute Gasteiger partial charge is 0.321 e. The summed E-state index contributed by atoms with van der Waals surface area (Å²) in [6.07, 6.45) is 0.723. The van der Waals surface area contributed by atoms with Gasteiger partial charge in [-0.3, -0.25) is 5.32 Å². The fourth-order valence-electron chi connectivity index (χ4n) is 1.97. The van der Waals surface area contributed by atoms with Gasteiger partial charge in [0.15, 0.2) is 16.6 Å². The van der Waals surface area contributed by atoms with Crippen molar-refractivity contribution in [1.29, 1.82) is 0 Å². The lowest BCUT2D eigenvalue weighted by Crippen LogP contribution is -2.30. The van der Waals surface area contributed by atoms with Gasteiger partial charge in [0.05, 0.1) is 5.69 Å². The molecule has 0 atom stereocenters. The highest BCUT2D eigenvalue weighted by atomic mass is 32.1. The van der Waals surface area contributed by atoms with E-state index in [2.05, 4.69) is 15.6 Å². The topological polar surface area (TPSA) is 72.5 Å². The van der Waals surface area contributed by atoms with Gasteiger partial charge in [-0.2, -0.15) is 0 Å². The summed E-state index contributed by atoms with van der Waals surface area (Å²) < 4.78 is 10.6. The zero-order valence-electron chi connectivity index (χ0n) is 11.5. The first-order valence-corrected chi connectivity index (χ1v) is 7.44. The van der Waals surface area contributed by atoms with Gasteiger partial charge in [0.25, 0.3) is 0 Å². The molecule has 0 aliphatic carbocycles. The number of benzene rings is 1. The predicted octanol–water partition coefficient (Wildman–Crippen LogP) is 2.54. The Labute approximate surface area is 126 Å². The molecule has 7 heteroatoms. The third-order valence-electron chi connectivity index (χ3n) is 2.98. The van der Waals surface area contributed by atoms with Gasteiger partial charge in [0, 0.05) is 11.9 Å². The number of fused-ring (bicyclic) bond motifs is 1. The van der Waals surface area contributed by atoms with Gasteiger partial charge in [0.2, 0.25) is 6.79 Å². The molecule has 0 fully saturated rings. The predicted molar refractivity (Wildman–Crippen MR) is 80.1 cm³/mol. The number of anilines is 1. The summed E-state index contributed by atoms with van der Waals surface area (Å²) in [5.74, 6) is 1.53. The molecule has 3 rings (SSSR count). The van der Waals surface area contributed by atoms with Crippen LogP contribution in [0.4, 0.5) is 9.93 Å². The highest BCUT2D eigenvalue weighted by Gasteiger charge is 2.13. The van der Waals surface area contributed by atoms with Crippen molar-refractivity contribution in [3.63, 3.8) is 0 Å². The van der Waals surface area contributed by atoms with Gasteiger partial charge in [0.1, 0.15) is 0 Å². The van der Waals surface area contributed by atoms with E-state index in [1.165, 1.54) is 11.3 Å². The Balaban J connectivity index is 1.46. The van der Waals surface area contributed by atoms with Crippen LogP contribution in [-0.2, 0) is 6.42 Å². The lowest BCUT2D eigenvalue weighted by atomic mass is 10.1. The number of aromatic nitrogens is 1. The van der Waals surface area contributed by atoms with Crippen molar-refractivity contribution >= 4 is 22.5 Å². The Bertz CT molecular complexity index is 657. The van der Waals surface area contributed by atoms with Crippen LogP contribution in [0.2, 0.25) is 0 Å². The first-order chi connectivity index (χ1) is 10.2. The zero-order chi connectivity index (χ0) is 14.7. The maximum absolute atomic E-state index is 11.7. The molecule has 1 aromatic heterocycles. The number of carbonyl (C=O) groups excluding carboxylic acids is 1. The molecule has 0 bridgehead atoms. The minimum absolute atomic E-state index is 0.245. The standard InChI is InChI=1S/C14H15N3O3S/c1-9-7-21-14(16-9)17-13(18)15-5-4-10-2-3-11-12(6-10)20-8-19-11/h2-3,6-7H,4-5,8H2,1H3,(H2,15,16,17,18). The van der Waals surface area contributed by atoms with Crippen molar-refractivity contribution in [2.75, 3.05) is 18.7 Å². The van der Waals surface area contributed by atoms with E-state index in [4.69, 9.17) is 9.47 Å². The number of hydrogen-bond donors (Lipinski definition) is 2. The maximum atomic E-state index is 11.7. The summed E-state index contributed by atoms with van der Waals surface area (Å²) in [5.41, 5.74) is 1.99. The van der Waals surface area contributed by atoms with Gasteiger partial charge in [-0.05, 0) is 31.0 Å². The van der Waals surface area contributed by atoms with E-state index in [-0.39, 0.29) is 12.8 Å². The molecule has 2 N–H and O–H groups in total. The van der Waals surface area contributed by atoms with E-state index in [1.807, 2.05) is 30.5 Å². The molecule has 2 amide bonds. The fourth-order valence-corrected chi connectivity index (χ4v) is 2.65. The number of nitrogens with zero attached hydrogens (tertiary/aromatic N) is 1. The Morgan fingerprint density at radius 1 is 1.38 bits per heavy atom. The van der Waals surface area contributed by atoms with Crippen molar-refractivity contribution in [3.05, 3.63) is 34.8 Å². The molecule has 6 nitrogen and oxygen atoms in total. The number of aryl methyl sites for hydroxylation is 1. The highest BCUT2D eigenvalue weighted by molar-refractivity contribution is 7.13. The molecule has 1 aliphatic rings. The molecule has 1 aromatic carbocycles. The SMILES string of the molecule is Cc1csc(NC(=O)NCCc2ccc3c(c2)OCO3)n1. The van der Waals surface area contributed by atoms with E-state index in [9.17, 15) is 4.79 Å². The van der Waals surface area contributed by atoms with Gasteiger partial charge in [-0.15, -0.1) is 11.3 Å². The Kier molecular flexibility index (Phi) is 3.92. The van der Waals surface area contributed by atoms with E-state index in [1.54, 1.807) is 0 Å². The van der Waals surface area contributed by atoms with Crippen LogP contribution >= 0.6 is 11.3 Å². The summed E-state index contributed by atoms with van der Waals surface area (Å²) in [6.45, 7) is 2.70. The minimum atomic E-state index is -0.245. The second-order valence-electron chi connectivity index (χ2n) is 4.61. The molecular weight excluding hydrogens is 290 g/mol. The number of nitrogens with one attached hydrogen (secondary N) is 2. The van der Waals surface area contributed by atoms with Crippen molar-refractivity contribution in [2.24, 2.45) is 0 Å². The average Bonchev–Trinajstić information content (AvgIpc) is 3.07. The van der Waals surface area contributed by atoms with E-state index in [0.717, 1.165) is 29.2 Å². The van der Waals surface area contributed by atoms with Crippen LogP contribution in [0.1, 0.15) is 11.3 Å². The number of ether oxygens (including phenoxy) is 2. The molecule has 21 heavy (non-hydrogen) atoms. The van der Waals surface area contributed by atoms with Crippen LogP contribution in [0.15, 0.2) is 23.6 Å². The number of carbonyl (C=O) groups is 1. The molecular formula is C14H15N3O3S. The fraction of sp³-hybridized carbons (Fsp3) is 0.286. The third-order valence-corrected chi connectivity index (χ3v) is 3.85. The number of thiazole rings is 1. The highest BCUT2D eigenvalue weighted by Crippen LogP contribution is 2.32. The molecule has 2 heterocycles. The van der Waals surface area contributed by atoms with Gasteiger partial charge < -0.3 is 14.8 Å². The average molecular weight is 305 g/mol. The second kappa shape index (κ2) is 6.01. The molecule has 0 unspecified atom stereocenters. The Hall–Kier alpha value is -2.28. The summed E-state index contributed by atoms with van der Waals surface area (Å²) in [5, 5.41) is 8.00. The molecule has 2 aromatic rings. The molecule has 0 saturated heterocycles. The second-order valence-corrected chi connectivity index (χ2v) is 5.47. The van der Waals surface area contributed by atoms with Crippen LogP contribution in [0.3, 0.4) is 0 Å². The number of urea groups is 1. The number of rotatable bonds is 4. The van der Waals surface area contributed by atoms with Crippen LogP contribution in [0, 0.1) is 6.92 Å². The molecule has 0 spiro atoms. The first kappa shape index (κ1) is 13.7. The third kappa shape index (κ3) is 3.43. The Morgan fingerprint density at radius 2 is 2.24 bits per heavy atom. The lowest BCUT2D eigenvalue weighted by Gasteiger charge is -2.06. The number of amides is 2. The largest absolute Gasteiger partial charge is 0.454 e. The molecule has 110 valence electrons. The van der Waals surface area contributed by atoms with E-state index < -0.39 is 0 Å². The maximum Gasteiger partial charge on any atom is 0.321 e. The van der Waals surface area contributed by atoms with E-state index >= 15 is 0 Å². The summed E-state index contributed by atoms with van der Waals surface area (Å²) in [4.78, 5) is 15.9. The quantitative estimate of drug-likeness (QED) is 0.910. The van der Waals surface area contributed by atoms with E-state index in [0.29, 0.717) is 11.7 Å². The molecule has 0 radical (unpaired) electrons. The van der Waals surface area contributed by atoms with Crippen molar-refractivity contribution < 1.29 is 14.3 Å². The zero-order valence-corrected chi connectivity index (χ0v) is 12.3. The van der Waals surface area contributed by atoms with Gasteiger partial charge >= 0.3 is 6.03 Å². The monoisotopic (exact) mass is 305 g/mol. The van der Waals surface area contributed by atoms with Gasteiger partial charge in [-0.1, -0.05) is 6.07 Å². The summed E-state index contributed by atoms with van der Waals surface area (Å²) in [6, 6.07) is 5.55. The van der Waals surface area contributed by atoms with Crippen LogP contribution in [0.25, 0.3) is 0 Å². The Morgan fingerprint density at radius 3 is 3.05 bits per heavy atom. The van der Waals surface area contributed by atoms with Gasteiger partial charge in [-0.25, -0.2) is 9.78 Å². The normalized spacial score (nSPS) is 12.2. The van der Waals surface area contributed by atoms with Crippen LogP contribution in [-0.4, -0.2) is 24.4 Å². The van der Waals surface area contributed by atoms with Crippen LogP contribution in [0.5, 0.6) is 11.5 Å². The number of hydrogen-bond acceptors (Lipinski definition) is 5. The molecule has 1 aliphatic heterocycles. The summed E-state index contributed by atoms with van der Waals surface area (Å²) >= 11 is 1.41. The van der Waals surface area contributed by atoms with Crippen molar-refractivity contribution in [1.82, 2.24) is 10.3 Å². The first-order valence-electron chi connectivity index (χ1n) is 6.56.